The first kappa shape index (κ1) is 20.4. The lowest BCUT2D eigenvalue weighted by Crippen LogP contribution is -2.47. The van der Waals surface area contributed by atoms with Crippen LogP contribution in [0.3, 0.4) is 0 Å². The van der Waals surface area contributed by atoms with Crippen molar-refractivity contribution >= 4 is 28.4 Å². The Hall–Kier alpha value is -3.22. The Balaban J connectivity index is 1.22. The minimum absolute atomic E-state index is 0.364. The molecule has 3 aliphatic heterocycles. The molecule has 3 aliphatic rings. The van der Waals surface area contributed by atoms with Crippen LogP contribution in [0.25, 0.3) is 10.9 Å². The molecule has 2 bridgehead atoms. The molecule has 0 saturated carbocycles. The number of aromatic amines is 1. The lowest BCUT2D eigenvalue weighted by Gasteiger charge is -2.39. The van der Waals surface area contributed by atoms with Crippen LogP contribution < -0.4 is 10.6 Å². The molecule has 0 aliphatic carbocycles. The number of H-pyrrole nitrogens is 1. The van der Waals surface area contributed by atoms with Crippen molar-refractivity contribution in [2.75, 3.05) is 30.4 Å². The quantitative estimate of drug-likeness (QED) is 0.507. The number of rotatable bonds is 7. The number of hydrogen-bond donors (Lipinski definition) is 3. The molecule has 170 valence electrons. The maximum atomic E-state index is 8.99. The number of fused-ring (bicyclic) bond motifs is 3. The van der Waals surface area contributed by atoms with Crippen molar-refractivity contribution in [1.29, 1.82) is 5.26 Å². The molecule has 3 saturated heterocycles. The Morgan fingerprint density at radius 3 is 2.79 bits per heavy atom. The minimum atomic E-state index is 0.364. The van der Waals surface area contributed by atoms with Gasteiger partial charge in [-0.1, -0.05) is 0 Å². The summed E-state index contributed by atoms with van der Waals surface area (Å²) in [5.41, 5.74) is 1.98. The average molecular weight is 445 g/mol. The summed E-state index contributed by atoms with van der Waals surface area (Å²) >= 11 is 0. The van der Waals surface area contributed by atoms with Crippen LogP contribution in [-0.2, 0) is 4.74 Å². The van der Waals surface area contributed by atoms with Gasteiger partial charge in [-0.2, -0.15) is 10.4 Å². The number of aromatic nitrogens is 4. The third-order valence-corrected chi connectivity index (χ3v) is 7.24. The van der Waals surface area contributed by atoms with E-state index in [2.05, 4.69) is 42.9 Å². The fourth-order valence-electron chi connectivity index (χ4n) is 5.54. The van der Waals surface area contributed by atoms with E-state index in [-0.39, 0.29) is 0 Å². The van der Waals surface area contributed by atoms with E-state index < -0.39 is 0 Å². The molecule has 0 spiro atoms. The van der Waals surface area contributed by atoms with Crippen LogP contribution in [-0.4, -0.2) is 62.9 Å². The highest BCUT2D eigenvalue weighted by molar-refractivity contribution is 5.91. The zero-order valence-corrected chi connectivity index (χ0v) is 18.5. The van der Waals surface area contributed by atoms with Gasteiger partial charge in [-0.15, -0.1) is 0 Å². The Morgan fingerprint density at radius 1 is 1.18 bits per heavy atom. The smallest absolute Gasteiger partial charge is 0.153 e. The SMILES string of the molecule is N#CCCN1[C@@H]2CC[C@H]1C[C@H](Nc1nc(Nc3cc(C4COC4)[nH]n3)cc3ncccc13)C2. The van der Waals surface area contributed by atoms with E-state index >= 15 is 0 Å². The number of ether oxygens (including phenoxy) is 1. The maximum Gasteiger partial charge on any atom is 0.153 e. The topological polar surface area (TPSA) is 115 Å². The molecule has 9 heteroatoms. The second kappa shape index (κ2) is 8.61. The minimum Gasteiger partial charge on any atom is -0.380 e. The highest BCUT2D eigenvalue weighted by Gasteiger charge is 2.40. The number of pyridine rings is 2. The second-order valence-electron chi connectivity index (χ2n) is 9.34. The lowest BCUT2D eigenvalue weighted by molar-refractivity contribution is 0.00670. The lowest BCUT2D eigenvalue weighted by atomic mass is 9.97. The van der Waals surface area contributed by atoms with E-state index in [0.717, 1.165) is 66.7 Å². The maximum absolute atomic E-state index is 8.99. The molecule has 3 aromatic heterocycles. The summed E-state index contributed by atoms with van der Waals surface area (Å²) in [5.74, 6) is 2.72. The molecular weight excluding hydrogens is 416 g/mol. The van der Waals surface area contributed by atoms with Gasteiger partial charge < -0.3 is 15.4 Å². The van der Waals surface area contributed by atoms with Gasteiger partial charge in [0.2, 0.25) is 0 Å². The molecule has 0 amide bonds. The third-order valence-electron chi connectivity index (χ3n) is 7.24. The van der Waals surface area contributed by atoms with Gasteiger partial charge in [0.25, 0.3) is 0 Å². The summed E-state index contributed by atoms with van der Waals surface area (Å²) in [6.07, 6.45) is 7.02. The van der Waals surface area contributed by atoms with Crippen molar-refractivity contribution in [3.8, 4) is 6.07 Å². The number of hydrogen-bond acceptors (Lipinski definition) is 8. The molecule has 0 unspecified atom stereocenters. The number of piperidine rings is 1. The summed E-state index contributed by atoms with van der Waals surface area (Å²) in [4.78, 5) is 12.0. The van der Waals surface area contributed by atoms with Gasteiger partial charge in [-0.25, -0.2) is 4.98 Å². The summed E-state index contributed by atoms with van der Waals surface area (Å²) in [6.45, 7) is 2.37. The van der Waals surface area contributed by atoms with E-state index in [0.29, 0.717) is 30.5 Å². The molecule has 3 N–H and O–H groups in total. The Bertz CT molecular complexity index is 1170. The molecule has 3 aromatic rings. The standard InChI is InChI=1S/C24H28N8O/c25-6-2-8-32-17-4-5-18(32)10-16(9-17)27-24-19-3-1-7-26-21(19)12-22(29-24)28-23-11-20(30-31-23)15-13-33-14-15/h1,3,7,11-12,15-18H,2,4-5,8-10,13-14H2,(H3,27,28,29,30,31)/t16-,17-,18+. The van der Waals surface area contributed by atoms with Crippen LogP contribution in [0.15, 0.2) is 30.5 Å². The first-order valence-corrected chi connectivity index (χ1v) is 11.8. The zero-order chi connectivity index (χ0) is 22.2. The van der Waals surface area contributed by atoms with E-state index in [1.54, 1.807) is 0 Å². The van der Waals surface area contributed by atoms with Gasteiger partial charge >= 0.3 is 0 Å². The molecule has 9 nitrogen and oxygen atoms in total. The van der Waals surface area contributed by atoms with Crippen molar-refractivity contribution in [2.45, 2.75) is 56.1 Å². The summed E-state index contributed by atoms with van der Waals surface area (Å²) < 4.78 is 5.28. The van der Waals surface area contributed by atoms with Gasteiger partial charge in [-0.05, 0) is 37.8 Å². The monoisotopic (exact) mass is 444 g/mol. The van der Waals surface area contributed by atoms with Crippen LogP contribution in [0.2, 0.25) is 0 Å². The molecule has 3 atom stereocenters. The number of nitrogens with zero attached hydrogens (tertiary/aromatic N) is 5. The molecule has 3 fully saturated rings. The van der Waals surface area contributed by atoms with Crippen LogP contribution in [0, 0.1) is 11.3 Å². The predicted octanol–water partition coefficient (Wildman–Crippen LogP) is 3.53. The van der Waals surface area contributed by atoms with Gasteiger partial charge in [0.05, 0.1) is 24.8 Å². The van der Waals surface area contributed by atoms with Crippen LogP contribution in [0.5, 0.6) is 0 Å². The molecule has 33 heavy (non-hydrogen) atoms. The van der Waals surface area contributed by atoms with Crippen molar-refractivity contribution in [2.24, 2.45) is 0 Å². The molecule has 0 aromatic carbocycles. The van der Waals surface area contributed by atoms with Crippen LogP contribution in [0.1, 0.15) is 43.7 Å². The predicted molar refractivity (Wildman–Crippen MR) is 125 cm³/mol. The van der Waals surface area contributed by atoms with Gasteiger partial charge in [-0.3, -0.25) is 15.0 Å². The number of nitrogens with one attached hydrogen (secondary N) is 3. The number of nitriles is 1. The van der Waals surface area contributed by atoms with Gasteiger partial charge in [0.1, 0.15) is 11.6 Å². The van der Waals surface area contributed by atoms with Crippen molar-refractivity contribution in [3.63, 3.8) is 0 Å². The van der Waals surface area contributed by atoms with Crippen molar-refractivity contribution < 1.29 is 4.74 Å². The second-order valence-corrected chi connectivity index (χ2v) is 9.34. The Labute approximate surface area is 192 Å². The molecular formula is C24H28N8O. The molecule has 6 rings (SSSR count). The van der Waals surface area contributed by atoms with Crippen LogP contribution in [0.4, 0.5) is 17.5 Å². The molecule has 6 heterocycles. The first-order valence-electron chi connectivity index (χ1n) is 11.8. The van der Waals surface area contributed by atoms with Gasteiger partial charge in [0.15, 0.2) is 5.82 Å². The summed E-state index contributed by atoms with van der Waals surface area (Å²) in [5, 5.41) is 24.6. The van der Waals surface area contributed by atoms with E-state index in [9.17, 15) is 0 Å². The average Bonchev–Trinajstić information content (AvgIpc) is 3.32. The number of anilines is 3. The Kier molecular flexibility index (Phi) is 5.32. The fraction of sp³-hybridized carbons (Fsp3) is 0.500. The van der Waals surface area contributed by atoms with Crippen LogP contribution >= 0.6 is 0 Å². The van der Waals surface area contributed by atoms with Gasteiger partial charge in [0, 0.05) is 66.4 Å². The van der Waals surface area contributed by atoms with E-state index in [1.807, 2.05) is 24.4 Å². The molecule has 0 radical (unpaired) electrons. The van der Waals surface area contributed by atoms with E-state index in [4.69, 9.17) is 15.0 Å². The zero-order valence-electron chi connectivity index (χ0n) is 18.5. The highest BCUT2D eigenvalue weighted by atomic mass is 16.5. The highest BCUT2D eigenvalue weighted by Crippen LogP contribution is 2.37. The first-order chi connectivity index (χ1) is 16.3. The van der Waals surface area contributed by atoms with Crippen molar-refractivity contribution in [3.05, 3.63) is 36.2 Å². The summed E-state index contributed by atoms with van der Waals surface area (Å²) in [7, 11) is 0. The third kappa shape index (κ3) is 4.01. The Morgan fingerprint density at radius 2 is 2.03 bits per heavy atom. The van der Waals surface area contributed by atoms with E-state index in [1.165, 1.54) is 12.8 Å². The summed E-state index contributed by atoms with van der Waals surface area (Å²) in [6, 6.07) is 11.8. The largest absolute Gasteiger partial charge is 0.380 e. The normalized spacial score (nSPS) is 25.0. The fourth-order valence-corrected chi connectivity index (χ4v) is 5.54. The van der Waals surface area contributed by atoms with Crippen molar-refractivity contribution in [1.82, 2.24) is 25.1 Å².